The van der Waals surface area contributed by atoms with Gasteiger partial charge in [0.2, 0.25) is 0 Å². The molecule has 0 atom stereocenters. The van der Waals surface area contributed by atoms with Gasteiger partial charge in [-0.15, -0.1) is 0 Å². The zero-order chi connectivity index (χ0) is 20.9. The van der Waals surface area contributed by atoms with Crippen LogP contribution in [0.3, 0.4) is 0 Å². The van der Waals surface area contributed by atoms with Crippen molar-refractivity contribution < 1.29 is 9.53 Å². The number of carbonyl (C=O) groups is 1. The van der Waals surface area contributed by atoms with Gasteiger partial charge in [-0.05, 0) is 55.0 Å². The van der Waals surface area contributed by atoms with Gasteiger partial charge >= 0.3 is 0 Å². The Balaban J connectivity index is 1.92. The van der Waals surface area contributed by atoms with Crippen LogP contribution >= 0.6 is 11.6 Å². The van der Waals surface area contributed by atoms with Crippen LogP contribution in [0.5, 0.6) is 5.75 Å². The molecule has 0 spiro atoms. The van der Waals surface area contributed by atoms with E-state index in [4.69, 9.17) is 16.3 Å². The molecule has 2 aromatic rings. The molecule has 2 aromatic carbocycles. The number of unbranched alkanes of at least 4 members (excludes halogenated alkanes) is 8. The van der Waals surface area contributed by atoms with Crippen molar-refractivity contribution in [2.75, 3.05) is 18.6 Å². The maximum Gasteiger partial charge on any atom is 0.258 e. The molecule has 29 heavy (non-hydrogen) atoms. The van der Waals surface area contributed by atoms with Crippen molar-refractivity contribution >= 4 is 23.2 Å². The number of anilines is 1. The van der Waals surface area contributed by atoms with Crippen LogP contribution in [-0.2, 0) is 0 Å². The van der Waals surface area contributed by atoms with E-state index in [-0.39, 0.29) is 5.91 Å². The Morgan fingerprint density at radius 3 is 1.93 bits per heavy atom. The van der Waals surface area contributed by atoms with E-state index in [2.05, 4.69) is 6.92 Å². The van der Waals surface area contributed by atoms with E-state index in [0.29, 0.717) is 17.1 Å². The van der Waals surface area contributed by atoms with Crippen LogP contribution in [0.15, 0.2) is 48.5 Å². The third kappa shape index (κ3) is 8.10. The van der Waals surface area contributed by atoms with E-state index in [1.807, 2.05) is 29.2 Å². The van der Waals surface area contributed by atoms with Crippen molar-refractivity contribution in [2.24, 2.45) is 0 Å². The Bertz CT molecular complexity index is 713. The van der Waals surface area contributed by atoms with Crippen LogP contribution in [-0.4, -0.2) is 19.6 Å². The lowest BCUT2D eigenvalue weighted by Crippen LogP contribution is -2.31. The molecule has 0 unspecified atom stereocenters. The molecule has 0 radical (unpaired) electrons. The highest BCUT2D eigenvalue weighted by molar-refractivity contribution is 6.30. The van der Waals surface area contributed by atoms with Gasteiger partial charge in [-0.3, -0.25) is 4.79 Å². The van der Waals surface area contributed by atoms with E-state index >= 15 is 0 Å². The minimum Gasteiger partial charge on any atom is -0.497 e. The molecular weight excluding hydrogens is 382 g/mol. The monoisotopic (exact) mass is 415 g/mol. The molecule has 0 aliphatic carbocycles. The van der Waals surface area contributed by atoms with Crippen LogP contribution in [0, 0.1) is 0 Å². The van der Waals surface area contributed by atoms with Crippen molar-refractivity contribution in [3.8, 4) is 5.75 Å². The van der Waals surface area contributed by atoms with Crippen molar-refractivity contribution in [1.29, 1.82) is 0 Å². The zero-order valence-electron chi connectivity index (χ0n) is 17.8. The largest absolute Gasteiger partial charge is 0.497 e. The first-order valence-corrected chi connectivity index (χ1v) is 11.2. The van der Waals surface area contributed by atoms with Crippen molar-refractivity contribution in [3.63, 3.8) is 0 Å². The van der Waals surface area contributed by atoms with Crippen molar-refractivity contribution in [3.05, 3.63) is 59.1 Å². The Kier molecular flexibility index (Phi) is 10.6. The molecule has 4 heteroatoms. The average molecular weight is 416 g/mol. The highest BCUT2D eigenvalue weighted by Crippen LogP contribution is 2.23. The second-order valence-corrected chi connectivity index (χ2v) is 7.93. The number of hydrogen-bond acceptors (Lipinski definition) is 2. The fourth-order valence-corrected chi connectivity index (χ4v) is 3.56. The first kappa shape index (κ1) is 23.3. The molecule has 0 N–H and O–H groups in total. The number of methoxy groups -OCH3 is 1. The summed E-state index contributed by atoms with van der Waals surface area (Å²) in [4.78, 5) is 15.0. The van der Waals surface area contributed by atoms with Crippen LogP contribution in [0.1, 0.15) is 75.1 Å². The van der Waals surface area contributed by atoms with Crippen molar-refractivity contribution in [1.82, 2.24) is 0 Å². The summed E-state index contributed by atoms with van der Waals surface area (Å²) < 4.78 is 5.25. The normalized spacial score (nSPS) is 10.7. The molecule has 0 bridgehead atoms. The molecule has 0 aliphatic heterocycles. The van der Waals surface area contributed by atoms with Gasteiger partial charge in [0, 0.05) is 22.8 Å². The van der Waals surface area contributed by atoms with Gasteiger partial charge in [0.1, 0.15) is 5.75 Å². The SMILES string of the molecule is CCCCCCCCCCCN(C(=O)c1ccc(Cl)cc1)c1ccc(OC)cc1. The van der Waals surface area contributed by atoms with E-state index in [1.165, 1.54) is 44.9 Å². The first-order valence-electron chi connectivity index (χ1n) is 10.9. The van der Waals surface area contributed by atoms with E-state index in [0.717, 1.165) is 24.3 Å². The molecular formula is C25H34ClNO2. The number of rotatable bonds is 13. The number of ether oxygens (including phenoxy) is 1. The van der Waals surface area contributed by atoms with Crippen LogP contribution in [0.2, 0.25) is 5.02 Å². The van der Waals surface area contributed by atoms with Gasteiger partial charge in [0.05, 0.1) is 7.11 Å². The topological polar surface area (TPSA) is 29.5 Å². The fourth-order valence-electron chi connectivity index (χ4n) is 3.44. The molecule has 1 amide bonds. The van der Waals surface area contributed by atoms with Gasteiger partial charge < -0.3 is 9.64 Å². The molecule has 0 heterocycles. The summed E-state index contributed by atoms with van der Waals surface area (Å²) in [7, 11) is 1.65. The number of benzene rings is 2. The minimum atomic E-state index is 0.00593. The van der Waals surface area contributed by atoms with Crippen molar-refractivity contribution in [2.45, 2.75) is 64.7 Å². The summed E-state index contributed by atoms with van der Waals surface area (Å²) in [6, 6.07) is 14.8. The molecule has 0 saturated heterocycles. The molecule has 158 valence electrons. The van der Waals surface area contributed by atoms with E-state index in [1.54, 1.807) is 31.4 Å². The highest BCUT2D eigenvalue weighted by atomic mass is 35.5. The summed E-state index contributed by atoms with van der Waals surface area (Å²) in [6.07, 6.45) is 11.3. The zero-order valence-corrected chi connectivity index (χ0v) is 18.6. The summed E-state index contributed by atoms with van der Waals surface area (Å²) >= 11 is 5.98. The van der Waals surface area contributed by atoms with E-state index in [9.17, 15) is 4.79 Å². The number of carbonyl (C=O) groups excluding carboxylic acids is 1. The minimum absolute atomic E-state index is 0.00593. The number of amides is 1. The molecule has 0 aromatic heterocycles. The Labute approximate surface area is 181 Å². The lowest BCUT2D eigenvalue weighted by molar-refractivity contribution is 0.0986. The predicted molar refractivity (Wildman–Crippen MR) is 123 cm³/mol. The van der Waals surface area contributed by atoms with Gasteiger partial charge in [0.25, 0.3) is 5.91 Å². The number of nitrogens with zero attached hydrogens (tertiary/aromatic N) is 1. The fraction of sp³-hybridized carbons (Fsp3) is 0.480. The standard InChI is InChI=1S/C25H34ClNO2/c1-3-4-5-6-7-8-9-10-11-20-27(23-16-18-24(29-2)19-17-23)25(28)21-12-14-22(26)15-13-21/h12-19H,3-11,20H2,1-2H3. The Morgan fingerprint density at radius 2 is 1.38 bits per heavy atom. The summed E-state index contributed by atoms with van der Waals surface area (Å²) in [5, 5.41) is 0.636. The Morgan fingerprint density at radius 1 is 0.828 bits per heavy atom. The second-order valence-electron chi connectivity index (χ2n) is 7.49. The quantitative estimate of drug-likeness (QED) is 0.316. The van der Waals surface area contributed by atoms with Gasteiger partial charge in [-0.2, -0.15) is 0 Å². The van der Waals surface area contributed by atoms with Gasteiger partial charge in [-0.1, -0.05) is 69.9 Å². The molecule has 0 aliphatic rings. The first-order chi connectivity index (χ1) is 14.2. The molecule has 0 saturated carbocycles. The van der Waals surface area contributed by atoms with E-state index < -0.39 is 0 Å². The van der Waals surface area contributed by atoms with Gasteiger partial charge in [0.15, 0.2) is 0 Å². The summed E-state index contributed by atoms with van der Waals surface area (Å²) in [5.41, 5.74) is 1.55. The van der Waals surface area contributed by atoms with Crippen LogP contribution < -0.4 is 9.64 Å². The van der Waals surface area contributed by atoms with Crippen LogP contribution in [0.4, 0.5) is 5.69 Å². The maximum absolute atomic E-state index is 13.1. The average Bonchev–Trinajstić information content (AvgIpc) is 2.75. The molecule has 2 rings (SSSR count). The van der Waals surface area contributed by atoms with Gasteiger partial charge in [-0.25, -0.2) is 0 Å². The third-order valence-corrected chi connectivity index (χ3v) is 5.46. The summed E-state index contributed by atoms with van der Waals surface area (Å²) in [5.74, 6) is 0.794. The second kappa shape index (κ2) is 13.3. The lowest BCUT2D eigenvalue weighted by Gasteiger charge is -2.23. The summed E-state index contributed by atoms with van der Waals surface area (Å²) in [6.45, 7) is 2.96. The third-order valence-electron chi connectivity index (χ3n) is 5.21. The highest BCUT2D eigenvalue weighted by Gasteiger charge is 2.17. The van der Waals surface area contributed by atoms with Crippen LogP contribution in [0.25, 0.3) is 0 Å². The maximum atomic E-state index is 13.1. The smallest absolute Gasteiger partial charge is 0.258 e. The molecule has 3 nitrogen and oxygen atoms in total. The lowest BCUT2D eigenvalue weighted by atomic mass is 10.1. The number of hydrogen-bond donors (Lipinski definition) is 0. The predicted octanol–water partition coefficient (Wildman–Crippen LogP) is 7.53. The number of halogens is 1. The Hall–Kier alpha value is -2.00. The molecule has 0 fully saturated rings.